The molecule has 0 saturated heterocycles. The molecule has 7 heteroatoms. The molecule has 2 aromatic rings. The van der Waals surface area contributed by atoms with Crippen LogP contribution in [0.2, 0.25) is 0 Å². The third-order valence-electron chi connectivity index (χ3n) is 2.36. The lowest BCUT2D eigenvalue weighted by atomic mass is 10.1. The van der Waals surface area contributed by atoms with E-state index in [4.69, 9.17) is 0 Å². The number of para-hydroxylation sites is 1. The van der Waals surface area contributed by atoms with Crippen LogP contribution in [-0.4, -0.2) is 14.2 Å². The van der Waals surface area contributed by atoms with Gasteiger partial charge in [0.25, 0.3) is 10.0 Å². The Balaban J connectivity index is 2.39. The maximum absolute atomic E-state index is 12.2. The Bertz CT molecular complexity index is 722. The van der Waals surface area contributed by atoms with E-state index in [2.05, 4.69) is 20.7 Å². The van der Waals surface area contributed by atoms with E-state index in [0.29, 0.717) is 11.3 Å². The zero-order valence-electron chi connectivity index (χ0n) is 9.88. The highest BCUT2D eigenvalue weighted by molar-refractivity contribution is 9.11. The highest BCUT2D eigenvalue weighted by atomic mass is 79.9. The van der Waals surface area contributed by atoms with Gasteiger partial charge in [-0.15, -0.1) is 11.3 Å². The van der Waals surface area contributed by atoms with Crippen molar-refractivity contribution < 1.29 is 13.2 Å². The van der Waals surface area contributed by atoms with Crippen molar-refractivity contribution in [3.63, 3.8) is 0 Å². The first kappa shape index (κ1) is 14.2. The van der Waals surface area contributed by atoms with E-state index >= 15 is 0 Å². The molecule has 1 heterocycles. The fraction of sp³-hybridized carbons (Fsp3) is 0.0833. The molecule has 0 unspecified atom stereocenters. The molecule has 0 spiro atoms. The summed E-state index contributed by atoms with van der Waals surface area (Å²) in [5, 5.41) is 0. The summed E-state index contributed by atoms with van der Waals surface area (Å²) in [4.78, 5) is 11.5. The van der Waals surface area contributed by atoms with E-state index in [1.165, 1.54) is 13.0 Å². The first-order valence-electron chi connectivity index (χ1n) is 5.28. The monoisotopic (exact) mass is 359 g/mol. The molecule has 0 aliphatic carbocycles. The van der Waals surface area contributed by atoms with Crippen molar-refractivity contribution in [1.29, 1.82) is 0 Å². The molecule has 0 aliphatic rings. The molecule has 100 valence electrons. The summed E-state index contributed by atoms with van der Waals surface area (Å²) in [6.45, 7) is 1.40. The number of halogens is 1. The van der Waals surface area contributed by atoms with Crippen LogP contribution < -0.4 is 4.72 Å². The van der Waals surface area contributed by atoms with Crippen LogP contribution in [0.5, 0.6) is 0 Å². The van der Waals surface area contributed by atoms with Gasteiger partial charge in [-0.3, -0.25) is 9.52 Å². The van der Waals surface area contributed by atoms with E-state index in [-0.39, 0.29) is 9.99 Å². The minimum absolute atomic E-state index is 0.189. The second-order valence-corrected chi connectivity index (χ2v) is 8.14. The van der Waals surface area contributed by atoms with E-state index < -0.39 is 10.0 Å². The molecule has 0 amide bonds. The van der Waals surface area contributed by atoms with Crippen LogP contribution in [0.4, 0.5) is 5.69 Å². The van der Waals surface area contributed by atoms with Crippen molar-refractivity contribution in [1.82, 2.24) is 0 Å². The number of Topliss-reactive ketones (excluding diaryl/α,β-unsaturated/α-hetero) is 1. The summed E-state index contributed by atoms with van der Waals surface area (Å²) in [6.07, 6.45) is 0. The second-order valence-electron chi connectivity index (χ2n) is 3.77. The number of hydrogen-bond donors (Lipinski definition) is 1. The van der Waals surface area contributed by atoms with Crippen molar-refractivity contribution in [2.75, 3.05) is 4.72 Å². The Labute approximate surface area is 123 Å². The highest BCUT2D eigenvalue weighted by Gasteiger charge is 2.18. The van der Waals surface area contributed by atoms with Gasteiger partial charge in [-0.2, -0.15) is 0 Å². The summed E-state index contributed by atoms with van der Waals surface area (Å²) in [6, 6.07) is 9.69. The molecule has 0 atom stereocenters. The number of sulfonamides is 1. The molecule has 0 radical (unpaired) electrons. The molecule has 0 saturated carbocycles. The summed E-state index contributed by atoms with van der Waals surface area (Å²) in [7, 11) is -3.66. The lowest BCUT2D eigenvalue weighted by molar-refractivity contribution is 0.101. The van der Waals surface area contributed by atoms with E-state index in [0.717, 1.165) is 15.1 Å². The van der Waals surface area contributed by atoms with E-state index in [9.17, 15) is 13.2 Å². The minimum atomic E-state index is -3.66. The van der Waals surface area contributed by atoms with Crippen molar-refractivity contribution in [2.45, 2.75) is 11.1 Å². The van der Waals surface area contributed by atoms with Crippen LogP contribution in [-0.2, 0) is 10.0 Å². The Kier molecular flexibility index (Phi) is 4.07. The van der Waals surface area contributed by atoms with Crippen LogP contribution in [0.3, 0.4) is 0 Å². The average Bonchev–Trinajstić information content (AvgIpc) is 2.76. The van der Waals surface area contributed by atoms with Gasteiger partial charge in [0.1, 0.15) is 4.21 Å². The van der Waals surface area contributed by atoms with Gasteiger partial charge in [0, 0.05) is 5.56 Å². The molecule has 2 rings (SSSR count). The molecule has 1 aromatic carbocycles. The van der Waals surface area contributed by atoms with Gasteiger partial charge in [-0.1, -0.05) is 12.1 Å². The SMILES string of the molecule is CC(=O)c1ccccc1NS(=O)(=O)c1ccc(Br)s1. The largest absolute Gasteiger partial charge is 0.294 e. The zero-order valence-corrected chi connectivity index (χ0v) is 13.1. The van der Waals surface area contributed by atoms with Gasteiger partial charge >= 0.3 is 0 Å². The Morgan fingerprint density at radius 3 is 2.47 bits per heavy atom. The number of carbonyl (C=O) groups is 1. The molecule has 0 bridgehead atoms. The second kappa shape index (κ2) is 5.44. The van der Waals surface area contributed by atoms with Crippen LogP contribution in [0, 0.1) is 0 Å². The molecule has 4 nitrogen and oxygen atoms in total. The Morgan fingerprint density at radius 1 is 1.21 bits per heavy atom. The lowest BCUT2D eigenvalue weighted by Crippen LogP contribution is -2.13. The average molecular weight is 360 g/mol. The van der Waals surface area contributed by atoms with Gasteiger partial charge in [0.2, 0.25) is 0 Å². The molecule has 1 N–H and O–H groups in total. The van der Waals surface area contributed by atoms with E-state index in [1.54, 1.807) is 30.3 Å². The number of thiophene rings is 1. The molecule has 0 aliphatic heterocycles. The number of hydrogen-bond acceptors (Lipinski definition) is 4. The lowest BCUT2D eigenvalue weighted by Gasteiger charge is -2.09. The van der Waals surface area contributed by atoms with Crippen LogP contribution in [0.15, 0.2) is 44.4 Å². The smallest absolute Gasteiger partial charge is 0.271 e. The van der Waals surface area contributed by atoms with Crippen molar-refractivity contribution in [3.8, 4) is 0 Å². The molecule has 0 fully saturated rings. The highest BCUT2D eigenvalue weighted by Crippen LogP contribution is 2.28. The van der Waals surface area contributed by atoms with Gasteiger partial charge in [-0.25, -0.2) is 8.42 Å². The first-order valence-corrected chi connectivity index (χ1v) is 8.37. The third-order valence-corrected chi connectivity index (χ3v) is 5.85. The standard InChI is InChI=1S/C12H10BrNO3S2/c1-8(15)9-4-2-3-5-10(9)14-19(16,17)12-7-6-11(13)18-12/h2-7,14H,1H3. The quantitative estimate of drug-likeness (QED) is 0.849. The number of rotatable bonds is 4. The van der Waals surface area contributed by atoms with Gasteiger partial charge in [0.15, 0.2) is 5.78 Å². The Hall–Kier alpha value is -1.18. The maximum atomic E-state index is 12.2. The Morgan fingerprint density at radius 2 is 1.89 bits per heavy atom. The topological polar surface area (TPSA) is 63.2 Å². The first-order chi connectivity index (χ1) is 8.90. The third kappa shape index (κ3) is 3.23. The molecule has 1 aromatic heterocycles. The van der Waals surface area contributed by atoms with Crippen molar-refractivity contribution in [3.05, 3.63) is 45.7 Å². The van der Waals surface area contributed by atoms with Gasteiger partial charge < -0.3 is 0 Å². The molecule has 19 heavy (non-hydrogen) atoms. The number of benzene rings is 1. The summed E-state index contributed by atoms with van der Waals surface area (Å²) < 4.78 is 27.7. The molecular weight excluding hydrogens is 350 g/mol. The summed E-state index contributed by atoms with van der Waals surface area (Å²) in [5.74, 6) is -0.189. The van der Waals surface area contributed by atoms with Gasteiger partial charge in [0.05, 0.1) is 9.47 Å². The van der Waals surface area contributed by atoms with Crippen molar-refractivity contribution >= 4 is 48.8 Å². The normalized spacial score (nSPS) is 11.3. The zero-order chi connectivity index (χ0) is 14.0. The predicted molar refractivity (Wildman–Crippen MR) is 79.3 cm³/mol. The number of ketones is 1. The fourth-order valence-electron chi connectivity index (χ4n) is 1.52. The van der Waals surface area contributed by atoms with Crippen molar-refractivity contribution in [2.24, 2.45) is 0 Å². The minimum Gasteiger partial charge on any atom is -0.294 e. The predicted octanol–water partition coefficient (Wildman–Crippen LogP) is 3.51. The summed E-state index contributed by atoms with van der Waals surface area (Å²) >= 11 is 4.33. The van der Waals surface area contributed by atoms with Crippen LogP contribution in [0.1, 0.15) is 17.3 Å². The summed E-state index contributed by atoms with van der Waals surface area (Å²) in [5.41, 5.74) is 0.640. The maximum Gasteiger partial charge on any atom is 0.271 e. The van der Waals surface area contributed by atoms with Crippen LogP contribution >= 0.6 is 27.3 Å². The fourth-order valence-corrected chi connectivity index (χ4v) is 4.61. The molecular formula is C12H10BrNO3S2. The van der Waals surface area contributed by atoms with Gasteiger partial charge in [-0.05, 0) is 47.1 Å². The number of anilines is 1. The number of nitrogens with one attached hydrogen (secondary N) is 1. The van der Waals surface area contributed by atoms with E-state index in [1.807, 2.05) is 0 Å². The number of carbonyl (C=O) groups excluding carboxylic acids is 1. The van der Waals surface area contributed by atoms with Crippen LogP contribution in [0.25, 0.3) is 0 Å².